The highest BCUT2D eigenvalue weighted by Crippen LogP contribution is 2.32. The molecule has 2 aromatic carbocycles. The Balaban J connectivity index is 2.31. The van der Waals surface area contributed by atoms with Gasteiger partial charge < -0.3 is 10.1 Å². The highest BCUT2D eigenvalue weighted by Gasteiger charge is 2.26. The summed E-state index contributed by atoms with van der Waals surface area (Å²) >= 11 is 0. The van der Waals surface area contributed by atoms with Crippen molar-refractivity contribution in [2.75, 3.05) is 25.2 Å². The molecule has 0 aliphatic carbocycles. The molecule has 0 bridgehead atoms. The minimum absolute atomic E-state index is 0.140. The van der Waals surface area contributed by atoms with Crippen LogP contribution in [-0.4, -0.2) is 33.3 Å². The second-order valence-electron chi connectivity index (χ2n) is 5.20. The van der Waals surface area contributed by atoms with E-state index in [9.17, 15) is 18.5 Å². The van der Waals surface area contributed by atoms with Crippen molar-refractivity contribution in [3.05, 3.63) is 64.2 Å². The van der Waals surface area contributed by atoms with Crippen LogP contribution in [0.15, 0.2) is 53.4 Å². The molecule has 0 aromatic heterocycles. The average molecular weight is 350 g/mol. The molecule has 0 radical (unpaired) electrons. The van der Waals surface area contributed by atoms with E-state index in [-0.39, 0.29) is 23.2 Å². The minimum atomic E-state index is -3.71. The second-order valence-corrected chi connectivity index (χ2v) is 7.18. The summed E-state index contributed by atoms with van der Waals surface area (Å²) in [5, 5.41) is 14.3. The Morgan fingerprint density at radius 1 is 1.17 bits per heavy atom. The first-order valence-corrected chi connectivity index (χ1v) is 9.03. The van der Waals surface area contributed by atoms with Gasteiger partial charge in [-0.15, -0.1) is 0 Å². The Kier molecular flexibility index (Phi) is 5.53. The average Bonchev–Trinajstić information content (AvgIpc) is 2.55. The molecule has 0 aliphatic rings. The lowest BCUT2D eigenvalue weighted by molar-refractivity contribution is -0.386. The molecule has 1 N–H and O–H groups in total. The SMILES string of the molecule is COC(CNc1cccc(S(C)(=O)=O)c1[N+](=O)[O-])c1ccccc1. The van der Waals surface area contributed by atoms with Crippen LogP contribution in [0.4, 0.5) is 11.4 Å². The Labute approximate surface area is 140 Å². The zero-order valence-corrected chi connectivity index (χ0v) is 14.1. The van der Waals surface area contributed by atoms with E-state index in [2.05, 4.69) is 5.32 Å². The number of hydrogen-bond donors (Lipinski definition) is 1. The van der Waals surface area contributed by atoms with E-state index >= 15 is 0 Å². The molecule has 0 heterocycles. The standard InChI is InChI=1S/C16H18N2O5S/c1-23-14(12-7-4-3-5-8-12)11-17-13-9-6-10-15(24(2,21)22)16(13)18(19)20/h3-10,14,17H,11H2,1-2H3. The van der Waals surface area contributed by atoms with Crippen LogP contribution in [0.5, 0.6) is 0 Å². The molecule has 8 heteroatoms. The molecule has 0 saturated heterocycles. The third-order valence-electron chi connectivity index (χ3n) is 3.51. The Morgan fingerprint density at radius 2 is 1.83 bits per heavy atom. The van der Waals surface area contributed by atoms with Gasteiger partial charge in [-0.1, -0.05) is 36.4 Å². The van der Waals surface area contributed by atoms with E-state index in [0.29, 0.717) is 0 Å². The van der Waals surface area contributed by atoms with Gasteiger partial charge in [0.2, 0.25) is 0 Å². The van der Waals surface area contributed by atoms with Crippen molar-refractivity contribution in [2.45, 2.75) is 11.0 Å². The van der Waals surface area contributed by atoms with Gasteiger partial charge in [-0.2, -0.15) is 0 Å². The van der Waals surface area contributed by atoms with Crippen molar-refractivity contribution in [1.82, 2.24) is 0 Å². The third kappa shape index (κ3) is 4.09. The Morgan fingerprint density at radius 3 is 2.38 bits per heavy atom. The number of nitro benzene ring substituents is 1. The molecule has 128 valence electrons. The predicted octanol–water partition coefficient (Wildman–Crippen LogP) is 2.80. The molecular formula is C16H18N2O5S. The number of rotatable bonds is 7. The summed E-state index contributed by atoms with van der Waals surface area (Å²) in [6.07, 6.45) is 0.619. The van der Waals surface area contributed by atoms with Crippen molar-refractivity contribution >= 4 is 21.2 Å². The molecule has 0 spiro atoms. The van der Waals surface area contributed by atoms with Crippen LogP contribution in [0, 0.1) is 10.1 Å². The zero-order valence-electron chi connectivity index (χ0n) is 13.3. The maximum absolute atomic E-state index is 11.8. The van der Waals surface area contributed by atoms with Crippen LogP contribution in [0.1, 0.15) is 11.7 Å². The predicted molar refractivity (Wildman–Crippen MR) is 90.9 cm³/mol. The van der Waals surface area contributed by atoms with E-state index in [1.54, 1.807) is 7.11 Å². The van der Waals surface area contributed by atoms with Crippen molar-refractivity contribution in [3.63, 3.8) is 0 Å². The summed E-state index contributed by atoms with van der Waals surface area (Å²) in [6, 6.07) is 13.6. The maximum atomic E-state index is 11.8. The number of benzene rings is 2. The number of para-hydroxylation sites is 1. The highest BCUT2D eigenvalue weighted by atomic mass is 32.2. The lowest BCUT2D eigenvalue weighted by Gasteiger charge is -2.17. The summed E-state index contributed by atoms with van der Waals surface area (Å²) < 4.78 is 28.9. The van der Waals surface area contributed by atoms with Gasteiger partial charge in [-0.25, -0.2) is 8.42 Å². The molecule has 0 saturated carbocycles. The number of methoxy groups -OCH3 is 1. The Hall–Kier alpha value is -2.45. The molecule has 2 aromatic rings. The number of ether oxygens (including phenoxy) is 1. The minimum Gasteiger partial charge on any atom is -0.376 e. The van der Waals surface area contributed by atoms with Gasteiger partial charge in [-0.3, -0.25) is 10.1 Å². The number of sulfone groups is 1. The third-order valence-corrected chi connectivity index (χ3v) is 4.64. The van der Waals surface area contributed by atoms with E-state index in [4.69, 9.17) is 4.74 Å². The van der Waals surface area contributed by atoms with Crippen LogP contribution in [-0.2, 0) is 14.6 Å². The van der Waals surface area contributed by atoms with E-state index in [1.165, 1.54) is 18.2 Å². The van der Waals surface area contributed by atoms with Crippen LogP contribution >= 0.6 is 0 Å². The molecule has 0 fully saturated rings. The van der Waals surface area contributed by atoms with Crippen LogP contribution in [0.2, 0.25) is 0 Å². The first-order valence-electron chi connectivity index (χ1n) is 7.13. The number of nitrogens with zero attached hydrogens (tertiary/aromatic N) is 1. The van der Waals surface area contributed by atoms with Gasteiger partial charge in [0.05, 0.1) is 11.0 Å². The summed E-state index contributed by atoms with van der Waals surface area (Å²) in [5.74, 6) is 0. The number of anilines is 1. The van der Waals surface area contributed by atoms with E-state index in [1.807, 2.05) is 30.3 Å². The first kappa shape index (κ1) is 17.9. The largest absolute Gasteiger partial charge is 0.376 e. The molecule has 24 heavy (non-hydrogen) atoms. The molecule has 0 amide bonds. The van der Waals surface area contributed by atoms with E-state index < -0.39 is 20.4 Å². The molecule has 7 nitrogen and oxygen atoms in total. The van der Waals surface area contributed by atoms with Crippen LogP contribution in [0.3, 0.4) is 0 Å². The lowest BCUT2D eigenvalue weighted by Crippen LogP contribution is -2.16. The van der Waals surface area contributed by atoms with Crippen molar-refractivity contribution in [2.24, 2.45) is 0 Å². The fraction of sp³-hybridized carbons (Fsp3) is 0.250. The van der Waals surface area contributed by atoms with Crippen molar-refractivity contribution in [1.29, 1.82) is 0 Å². The molecule has 1 unspecified atom stereocenters. The number of nitrogens with one attached hydrogen (secondary N) is 1. The smallest absolute Gasteiger partial charge is 0.310 e. The molecule has 2 rings (SSSR count). The summed E-state index contributed by atoms with van der Waals surface area (Å²) in [5.41, 5.74) is 0.596. The van der Waals surface area contributed by atoms with Gasteiger partial charge in [0.1, 0.15) is 10.6 Å². The van der Waals surface area contributed by atoms with Gasteiger partial charge >= 0.3 is 5.69 Å². The van der Waals surface area contributed by atoms with Crippen molar-refractivity contribution in [3.8, 4) is 0 Å². The second kappa shape index (κ2) is 7.41. The Bertz CT molecular complexity index is 822. The molecule has 0 aliphatic heterocycles. The first-order chi connectivity index (χ1) is 11.3. The molecule has 1 atom stereocenters. The summed E-state index contributed by atoms with van der Waals surface area (Å²) in [7, 11) is -2.17. The topological polar surface area (TPSA) is 98.5 Å². The number of hydrogen-bond acceptors (Lipinski definition) is 6. The van der Waals surface area contributed by atoms with E-state index in [0.717, 1.165) is 11.8 Å². The highest BCUT2D eigenvalue weighted by molar-refractivity contribution is 7.90. The fourth-order valence-corrected chi connectivity index (χ4v) is 3.22. The summed E-state index contributed by atoms with van der Waals surface area (Å²) in [4.78, 5) is 10.3. The van der Waals surface area contributed by atoms with Gasteiger partial charge in [0.15, 0.2) is 9.84 Å². The number of nitro groups is 1. The monoisotopic (exact) mass is 350 g/mol. The lowest BCUT2D eigenvalue weighted by atomic mass is 10.1. The van der Waals surface area contributed by atoms with Gasteiger partial charge in [-0.05, 0) is 17.7 Å². The maximum Gasteiger partial charge on any atom is 0.310 e. The van der Waals surface area contributed by atoms with Gasteiger partial charge in [0, 0.05) is 19.9 Å². The summed E-state index contributed by atoms with van der Waals surface area (Å²) in [6.45, 7) is 0.259. The zero-order chi connectivity index (χ0) is 17.7. The van der Waals surface area contributed by atoms with Crippen LogP contribution < -0.4 is 5.32 Å². The van der Waals surface area contributed by atoms with Gasteiger partial charge in [0.25, 0.3) is 0 Å². The fourth-order valence-electron chi connectivity index (χ4n) is 2.36. The normalized spacial score (nSPS) is 12.6. The van der Waals surface area contributed by atoms with Crippen molar-refractivity contribution < 1.29 is 18.1 Å². The molecular weight excluding hydrogens is 332 g/mol. The quantitative estimate of drug-likeness (QED) is 0.609. The van der Waals surface area contributed by atoms with Crippen LogP contribution in [0.25, 0.3) is 0 Å².